The summed E-state index contributed by atoms with van der Waals surface area (Å²) in [4.78, 5) is 27.2. The van der Waals surface area contributed by atoms with Crippen LogP contribution in [-0.4, -0.2) is 22.0 Å². The molecule has 104 valence electrons. The van der Waals surface area contributed by atoms with Crippen LogP contribution in [0.4, 0.5) is 0 Å². The second-order valence-electron chi connectivity index (χ2n) is 4.03. The van der Waals surface area contributed by atoms with E-state index in [4.69, 9.17) is 23.2 Å². The van der Waals surface area contributed by atoms with Gasteiger partial charge in [0, 0.05) is 41.0 Å². The molecule has 7 heteroatoms. The first-order chi connectivity index (χ1) is 9.56. The summed E-state index contributed by atoms with van der Waals surface area (Å²) in [6.07, 6.45) is 2.84. The van der Waals surface area contributed by atoms with Gasteiger partial charge in [-0.15, -0.1) is 0 Å². The van der Waals surface area contributed by atoms with Crippen LogP contribution in [0.25, 0.3) is 0 Å². The first-order valence-corrected chi connectivity index (χ1v) is 6.56. The Bertz CT molecular complexity index is 665. The van der Waals surface area contributed by atoms with Crippen LogP contribution in [0.5, 0.6) is 0 Å². The molecule has 0 unspecified atom stereocenters. The number of hydrogen-bond donors (Lipinski definition) is 1. The van der Waals surface area contributed by atoms with E-state index in [0.29, 0.717) is 28.7 Å². The van der Waals surface area contributed by atoms with Crippen molar-refractivity contribution >= 4 is 29.1 Å². The molecule has 1 aromatic heterocycles. The Morgan fingerprint density at radius 1 is 1.25 bits per heavy atom. The van der Waals surface area contributed by atoms with E-state index in [1.165, 1.54) is 35.3 Å². The Hall–Kier alpha value is -1.85. The smallest absolute Gasteiger partial charge is 0.253 e. The maximum Gasteiger partial charge on any atom is 0.253 e. The number of benzene rings is 1. The van der Waals surface area contributed by atoms with Crippen molar-refractivity contribution in [3.63, 3.8) is 0 Å². The minimum absolute atomic E-state index is 0.167. The largest absolute Gasteiger partial charge is 0.350 e. The summed E-state index contributed by atoms with van der Waals surface area (Å²) in [5.74, 6) is -0.300. The van der Waals surface area contributed by atoms with Crippen molar-refractivity contribution in [2.45, 2.75) is 6.54 Å². The van der Waals surface area contributed by atoms with E-state index in [1.807, 2.05) is 0 Å². The Balaban J connectivity index is 1.96. The number of aromatic nitrogens is 2. The van der Waals surface area contributed by atoms with Gasteiger partial charge >= 0.3 is 0 Å². The zero-order chi connectivity index (χ0) is 14.5. The lowest BCUT2D eigenvalue weighted by Gasteiger charge is -2.07. The lowest BCUT2D eigenvalue weighted by atomic mass is 10.2. The number of halogens is 2. The normalized spacial score (nSPS) is 10.3. The number of nitrogens with one attached hydrogen (secondary N) is 1. The number of amides is 1. The highest BCUT2D eigenvalue weighted by Gasteiger charge is 2.07. The maximum absolute atomic E-state index is 11.9. The first kappa shape index (κ1) is 14.6. The Morgan fingerprint density at radius 2 is 1.95 bits per heavy atom. The number of hydrogen-bond acceptors (Lipinski definition) is 3. The molecule has 0 spiro atoms. The fourth-order valence-corrected chi connectivity index (χ4v) is 2.15. The quantitative estimate of drug-likeness (QED) is 0.939. The molecular weight excluding hydrogens is 301 g/mol. The van der Waals surface area contributed by atoms with Gasteiger partial charge in [-0.05, 0) is 18.2 Å². The summed E-state index contributed by atoms with van der Waals surface area (Å²) in [5, 5.41) is 3.47. The topological polar surface area (TPSA) is 64.0 Å². The van der Waals surface area contributed by atoms with Gasteiger partial charge in [0.15, 0.2) is 0 Å². The predicted octanol–water partition coefficient (Wildman–Crippen LogP) is 1.98. The van der Waals surface area contributed by atoms with Gasteiger partial charge in [-0.2, -0.15) is 0 Å². The van der Waals surface area contributed by atoms with Gasteiger partial charge in [0.05, 0.1) is 6.33 Å². The molecule has 2 aromatic rings. The van der Waals surface area contributed by atoms with Crippen LogP contribution in [0.15, 0.2) is 41.6 Å². The zero-order valence-corrected chi connectivity index (χ0v) is 11.9. The van der Waals surface area contributed by atoms with E-state index in [9.17, 15) is 9.59 Å². The summed E-state index contributed by atoms with van der Waals surface area (Å²) in [6.45, 7) is 0.640. The third-order valence-corrected chi connectivity index (χ3v) is 2.99. The minimum atomic E-state index is -0.300. The molecule has 0 saturated carbocycles. The van der Waals surface area contributed by atoms with Crippen LogP contribution in [0.1, 0.15) is 10.4 Å². The molecule has 1 aromatic carbocycles. The molecule has 0 aliphatic rings. The molecule has 1 amide bonds. The molecule has 5 nitrogen and oxygen atoms in total. The summed E-state index contributed by atoms with van der Waals surface area (Å²) >= 11 is 11.7. The Labute approximate surface area is 125 Å². The van der Waals surface area contributed by atoms with E-state index in [1.54, 1.807) is 6.07 Å². The van der Waals surface area contributed by atoms with Gasteiger partial charge in [-0.3, -0.25) is 14.2 Å². The van der Waals surface area contributed by atoms with Crippen LogP contribution in [0.3, 0.4) is 0 Å². The van der Waals surface area contributed by atoms with E-state index >= 15 is 0 Å². The van der Waals surface area contributed by atoms with Gasteiger partial charge < -0.3 is 5.32 Å². The molecule has 0 bridgehead atoms. The SMILES string of the molecule is O=C(NCCn1cnccc1=O)c1cc(Cl)cc(Cl)c1. The third kappa shape index (κ3) is 3.82. The summed E-state index contributed by atoms with van der Waals surface area (Å²) in [7, 11) is 0. The summed E-state index contributed by atoms with van der Waals surface area (Å²) in [5.41, 5.74) is 0.209. The number of carbonyl (C=O) groups is 1. The summed E-state index contributed by atoms with van der Waals surface area (Å²) < 4.78 is 1.41. The fraction of sp³-hybridized carbons (Fsp3) is 0.154. The number of nitrogens with zero attached hydrogens (tertiary/aromatic N) is 2. The maximum atomic E-state index is 11.9. The van der Waals surface area contributed by atoms with Crippen molar-refractivity contribution in [1.29, 1.82) is 0 Å². The van der Waals surface area contributed by atoms with Crippen LogP contribution in [0.2, 0.25) is 10.0 Å². The molecule has 0 aliphatic carbocycles. The minimum Gasteiger partial charge on any atom is -0.350 e. The van der Waals surface area contributed by atoms with Gasteiger partial charge in [0.1, 0.15) is 0 Å². The molecular formula is C13H11Cl2N3O2. The average Bonchev–Trinajstić information content (AvgIpc) is 2.39. The predicted molar refractivity (Wildman–Crippen MR) is 77.3 cm³/mol. The zero-order valence-electron chi connectivity index (χ0n) is 10.3. The van der Waals surface area contributed by atoms with Crippen LogP contribution < -0.4 is 10.9 Å². The van der Waals surface area contributed by atoms with Crippen LogP contribution in [0, 0.1) is 0 Å². The monoisotopic (exact) mass is 311 g/mol. The molecule has 0 fully saturated rings. The molecule has 1 heterocycles. The van der Waals surface area contributed by atoms with Crippen molar-refractivity contribution < 1.29 is 4.79 Å². The third-order valence-electron chi connectivity index (χ3n) is 2.56. The second kappa shape index (κ2) is 6.54. The van der Waals surface area contributed by atoms with E-state index in [0.717, 1.165) is 0 Å². The first-order valence-electron chi connectivity index (χ1n) is 5.81. The van der Waals surface area contributed by atoms with Crippen molar-refractivity contribution in [2.24, 2.45) is 0 Å². The van der Waals surface area contributed by atoms with E-state index in [2.05, 4.69) is 10.3 Å². The fourth-order valence-electron chi connectivity index (χ4n) is 1.62. The standard InChI is InChI=1S/C13H11Cl2N3O2/c14-10-5-9(6-11(15)7-10)13(20)17-3-4-18-8-16-2-1-12(18)19/h1-2,5-8H,3-4H2,(H,17,20). The molecule has 20 heavy (non-hydrogen) atoms. The van der Waals surface area contributed by atoms with E-state index < -0.39 is 0 Å². The van der Waals surface area contributed by atoms with Gasteiger partial charge in [0.2, 0.25) is 0 Å². The molecule has 0 aliphatic heterocycles. The highest BCUT2D eigenvalue weighted by Crippen LogP contribution is 2.18. The molecule has 1 N–H and O–H groups in total. The second-order valence-corrected chi connectivity index (χ2v) is 4.90. The lowest BCUT2D eigenvalue weighted by molar-refractivity contribution is 0.0952. The molecule has 2 rings (SSSR count). The van der Waals surface area contributed by atoms with Crippen LogP contribution in [-0.2, 0) is 6.54 Å². The van der Waals surface area contributed by atoms with E-state index in [-0.39, 0.29) is 11.5 Å². The van der Waals surface area contributed by atoms with Crippen molar-refractivity contribution in [3.05, 3.63) is 62.8 Å². The molecule has 0 atom stereocenters. The number of carbonyl (C=O) groups excluding carboxylic acids is 1. The molecule has 0 saturated heterocycles. The average molecular weight is 312 g/mol. The lowest BCUT2D eigenvalue weighted by Crippen LogP contribution is -2.30. The highest BCUT2D eigenvalue weighted by molar-refractivity contribution is 6.35. The van der Waals surface area contributed by atoms with Gasteiger partial charge in [-0.1, -0.05) is 23.2 Å². The Kier molecular flexibility index (Phi) is 4.76. The highest BCUT2D eigenvalue weighted by atomic mass is 35.5. The summed E-state index contributed by atoms with van der Waals surface area (Å²) in [6, 6.07) is 5.96. The van der Waals surface area contributed by atoms with Gasteiger partial charge in [0.25, 0.3) is 11.5 Å². The van der Waals surface area contributed by atoms with Crippen molar-refractivity contribution in [1.82, 2.24) is 14.9 Å². The van der Waals surface area contributed by atoms with Crippen molar-refractivity contribution in [2.75, 3.05) is 6.54 Å². The van der Waals surface area contributed by atoms with Crippen LogP contribution >= 0.6 is 23.2 Å². The number of rotatable bonds is 4. The molecule has 0 radical (unpaired) electrons. The van der Waals surface area contributed by atoms with Gasteiger partial charge in [-0.25, -0.2) is 4.98 Å². The van der Waals surface area contributed by atoms with Crippen molar-refractivity contribution in [3.8, 4) is 0 Å². The Morgan fingerprint density at radius 3 is 2.60 bits per heavy atom.